The van der Waals surface area contributed by atoms with Crippen molar-refractivity contribution in [2.45, 2.75) is 38.6 Å². The van der Waals surface area contributed by atoms with Crippen molar-refractivity contribution in [1.29, 1.82) is 0 Å². The normalized spacial score (nSPS) is 18.8. The number of pyridine rings is 1. The summed E-state index contributed by atoms with van der Waals surface area (Å²) in [5.41, 5.74) is 2.93. The Morgan fingerprint density at radius 3 is 2.90 bits per heavy atom. The van der Waals surface area contributed by atoms with Gasteiger partial charge < -0.3 is 14.2 Å². The van der Waals surface area contributed by atoms with Gasteiger partial charge in [0.05, 0.1) is 5.69 Å². The van der Waals surface area contributed by atoms with Gasteiger partial charge in [-0.05, 0) is 49.2 Å². The van der Waals surface area contributed by atoms with Crippen molar-refractivity contribution in [3.63, 3.8) is 0 Å². The highest BCUT2D eigenvalue weighted by Crippen LogP contribution is 2.38. The van der Waals surface area contributed by atoms with Crippen molar-refractivity contribution >= 4 is 17.9 Å². The molecule has 1 aliphatic carbocycles. The van der Waals surface area contributed by atoms with E-state index >= 15 is 0 Å². The van der Waals surface area contributed by atoms with E-state index in [1.807, 2.05) is 0 Å². The van der Waals surface area contributed by atoms with Crippen LogP contribution in [0.5, 0.6) is 5.75 Å². The number of carbonyl (C=O) groups is 2. The van der Waals surface area contributed by atoms with Crippen LogP contribution in [0.15, 0.2) is 36.5 Å². The molecular formula is C22H21FN2O5. The lowest BCUT2D eigenvalue weighted by Gasteiger charge is -2.23. The van der Waals surface area contributed by atoms with E-state index in [9.17, 15) is 14.0 Å². The van der Waals surface area contributed by atoms with Gasteiger partial charge in [-0.15, -0.1) is 0 Å². The molecule has 0 saturated heterocycles. The van der Waals surface area contributed by atoms with Gasteiger partial charge in [0.1, 0.15) is 17.6 Å². The number of esters is 1. The van der Waals surface area contributed by atoms with E-state index in [-0.39, 0.29) is 5.82 Å². The molecule has 8 heteroatoms. The van der Waals surface area contributed by atoms with Gasteiger partial charge in [-0.25, -0.2) is 14.2 Å². The third kappa shape index (κ3) is 3.43. The first-order valence-electron chi connectivity index (χ1n) is 9.54. The SMILES string of the molecule is CO[C@@H](C)C(=O)O[C@@H]1Cc2cc(F)ccc2[C@H]1Oc1cccn2c(C=O)c(C)nc12. The predicted molar refractivity (Wildman–Crippen MR) is 105 cm³/mol. The maximum atomic E-state index is 13.8. The zero-order valence-electron chi connectivity index (χ0n) is 16.8. The largest absolute Gasteiger partial charge is 0.478 e. The molecule has 1 aromatic carbocycles. The zero-order chi connectivity index (χ0) is 21.4. The summed E-state index contributed by atoms with van der Waals surface area (Å²) in [5.74, 6) is -0.467. The number of halogens is 1. The Hall–Kier alpha value is -3.26. The molecule has 0 aliphatic heterocycles. The summed E-state index contributed by atoms with van der Waals surface area (Å²) in [5, 5.41) is 0. The second-order valence-electron chi connectivity index (χ2n) is 7.21. The van der Waals surface area contributed by atoms with Crippen molar-refractivity contribution in [3.05, 3.63) is 64.9 Å². The highest BCUT2D eigenvalue weighted by Gasteiger charge is 2.38. The van der Waals surface area contributed by atoms with E-state index in [0.717, 1.165) is 11.8 Å². The first kappa shape index (κ1) is 20.0. The number of benzene rings is 1. The van der Waals surface area contributed by atoms with E-state index in [2.05, 4.69) is 4.98 Å². The van der Waals surface area contributed by atoms with Crippen molar-refractivity contribution in [2.75, 3.05) is 7.11 Å². The van der Waals surface area contributed by atoms with E-state index in [1.165, 1.54) is 19.2 Å². The van der Waals surface area contributed by atoms with Crippen molar-refractivity contribution in [2.24, 2.45) is 0 Å². The smallest absolute Gasteiger partial charge is 0.335 e. The fourth-order valence-corrected chi connectivity index (χ4v) is 3.68. The standard InChI is InChI=1S/C22H21FN2O5/c1-12-17(11-26)25-8-4-5-18(21(25)24-12)29-20-16-7-6-15(23)9-14(16)10-19(20)30-22(27)13(2)28-3/h4-9,11,13,19-20H,10H2,1-3H3/t13-,19+,20+/m0/s1. The molecule has 0 bridgehead atoms. The second kappa shape index (κ2) is 7.87. The number of fused-ring (bicyclic) bond motifs is 2. The Bertz CT molecular complexity index is 1130. The molecule has 156 valence electrons. The third-order valence-corrected chi connectivity index (χ3v) is 5.32. The zero-order valence-corrected chi connectivity index (χ0v) is 16.8. The quantitative estimate of drug-likeness (QED) is 0.457. The Kier molecular flexibility index (Phi) is 5.26. The lowest BCUT2D eigenvalue weighted by Crippen LogP contribution is -2.31. The molecule has 0 unspecified atom stereocenters. The van der Waals surface area contributed by atoms with Crippen LogP contribution in [0.3, 0.4) is 0 Å². The van der Waals surface area contributed by atoms with Crippen LogP contribution in [0.25, 0.3) is 5.65 Å². The van der Waals surface area contributed by atoms with Gasteiger partial charge in [0.2, 0.25) is 0 Å². The maximum absolute atomic E-state index is 13.8. The first-order chi connectivity index (χ1) is 14.4. The van der Waals surface area contributed by atoms with Gasteiger partial charge in [-0.1, -0.05) is 6.07 Å². The van der Waals surface area contributed by atoms with Crippen molar-refractivity contribution in [1.82, 2.24) is 9.38 Å². The fourth-order valence-electron chi connectivity index (χ4n) is 3.68. The lowest BCUT2D eigenvalue weighted by molar-refractivity contribution is -0.163. The topological polar surface area (TPSA) is 79.1 Å². The summed E-state index contributed by atoms with van der Waals surface area (Å²) in [6.45, 7) is 3.33. The van der Waals surface area contributed by atoms with Crippen LogP contribution in [0, 0.1) is 12.7 Å². The van der Waals surface area contributed by atoms with Crippen molar-refractivity contribution in [3.8, 4) is 5.75 Å². The molecule has 0 radical (unpaired) electrons. The van der Waals surface area contributed by atoms with Crippen LogP contribution in [0.1, 0.15) is 40.3 Å². The molecule has 2 heterocycles. The third-order valence-electron chi connectivity index (χ3n) is 5.32. The van der Waals surface area contributed by atoms with Crippen LogP contribution >= 0.6 is 0 Å². The minimum atomic E-state index is -0.736. The molecule has 0 N–H and O–H groups in total. The number of carbonyl (C=O) groups excluding carboxylic acids is 2. The number of rotatable bonds is 6. The molecule has 7 nitrogen and oxygen atoms in total. The lowest BCUT2D eigenvalue weighted by atomic mass is 10.1. The summed E-state index contributed by atoms with van der Waals surface area (Å²) in [6.07, 6.45) is 0.728. The number of imidazole rings is 1. The number of nitrogens with zero attached hydrogens (tertiary/aromatic N) is 2. The molecule has 0 spiro atoms. The van der Waals surface area contributed by atoms with Crippen LogP contribution in [-0.4, -0.2) is 41.0 Å². The van der Waals surface area contributed by atoms with E-state index < -0.39 is 24.3 Å². The first-order valence-corrected chi connectivity index (χ1v) is 9.54. The molecule has 2 aromatic heterocycles. The molecular weight excluding hydrogens is 391 g/mol. The minimum absolute atomic E-state index is 0.316. The highest BCUT2D eigenvalue weighted by atomic mass is 19.1. The summed E-state index contributed by atoms with van der Waals surface area (Å²) in [7, 11) is 1.42. The molecule has 3 atom stereocenters. The number of methoxy groups -OCH3 is 1. The van der Waals surface area contributed by atoms with Crippen molar-refractivity contribution < 1.29 is 28.2 Å². The number of aryl methyl sites for hydroxylation is 1. The molecule has 3 aromatic rings. The van der Waals surface area contributed by atoms with E-state index in [0.29, 0.717) is 34.8 Å². The summed E-state index contributed by atoms with van der Waals surface area (Å²) >= 11 is 0. The Morgan fingerprint density at radius 2 is 2.17 bits per heavy atom. The predicted octanol–water partition coefficient (Wildman–Crippen LogP) is 3.22. The molecule has 1 aliphatic rings. The molecule has 4 rings (SSSR count). The van der Waals surface area contributed by atoms with Crippen LogP contribution in [0.4, 0.5) is 4.39 Å². The van der Waals surface area contributed by atoms with Crippen LogP contribution in [-0.2, 0) is 20.7 Å². The fraction of sp³-hybridized carbons (Fsp3) is 0.318. The number of aldehydes is 1. The van der Waals surface area contributed by atoms with Gasteiger partial charge >= 0.3 is 5.97 Å². The average Bonchev–Trinajstić information content (AvgIpc) is 3.23. The molecule has 0 amide bonds. The van der Waals surface area contributed by atoms with Gasteiger partial charge in [0.25, 0.3) is 0 Å². The minimum Gasteiger partial charge on any atom is -0.478 e. The number of ether oxygens (including phenoxy) is 3. The van der Waals surface area contributed by atoms with E-state index in [4.69, 9.17) is 14.2 Å². The van der Waals surface area contributed by atoms with Gasteiger partial charge in [0.15, 0.2) is 29.9 Å². The summed E-state index contributed by atoms with van der Waals surface area (Å²) in [4.78, 5) is 28.2. The van der Waals surface area contributed by atoms with Crippen LogP contribution < -0.4 is 4.74 Å². The Labute approximate surface area is 172 Å². The average molecular weight is 412 g/mol. The Morgan fingerprint density at radius 1 is 1.37 bits per heavy atom. The van der Waals surface area contributed by atoms with Gasteiger partial charge in [0, 0.05) is 19.7 Å². The number of hydrogen-bond donors (Lipinski definition) is 0. The number of aromatic nitrogens is 2. The monoisotopic (exact) mass is 412 g/mol. The summed E-state index contributed by atoms with van der Waals surface area (Å²) in [6, 6.07) is 7.88. The molecule has 0 saturated carbocycles. The summed E-state index contributed by atoms with van der Waals surface area (Å²) < 4.78 is 32.3. The van der Waals surface area contributed by atoms with Crippen LogP contribution in [0.2, 0.25) is 0 Å². The highest BCUT2D eigenvalue weighted by molar-refractivity contribution is 5.77. The Balaban J connectivity index is 1.72. The maximum Gasteiger partial charge on any atom is 0.335 e. The molecule has 30 heavy (non-hydrogen) atoms. The second-order valence-corrected chi connectivity index (χ2v) is 7.21. The van der Waals surface area contributed by atoms with Gasteiger partial charge in [-0.2, -0.15) is 0 Å². The van der Waals surface area contributed by atoms with Gasteiger partial charge in [-0.3, -0.25) is 9.20 Å². The molecule has 0 fully saturated rings. The number of hydrogen-bond acceptors (Lipinski definition) is 6. The van der Waals surface area contributed by atoms with E-state index in [1.54, 1.807) is 42.6 Å².